The van der Waals surface area contributed by atoms with Crippen LogP contribution in [0.15, 0.2) is 34.9 Å². The zero-order valence-corrected chi connectivity index (χ0v) is 9.27. The second kappa shape index (κ2) is 3.58. The summed E-state index contributed by atoms with van der Waals surface area (Å²) in [6, 6.07) is -0.247. The van der Waals surface area contributed by atoms with E-state index in [0.717, 1.165) is 24.8 Å². The van der Waals surface area contributed by atoms with Gasteiger partial charge >= 0.3 is 5.97 Å². The fourth-order valence-corrected chi connectivity index (χ4v) is 2.91. The number of carbonyl (C=O) groups excluding carboxylic acids is 1. The van der Waals surface area contributed by atoms with Crippen LogP contribution >= 0.6 is 0 Å². The fraction of sp³-hybridized carbons (Fsp3) is 0.385. The van der Waals surface area contributed by atoms with Crippen molar-refractivity contribution in [3.8, 4) is 0 Å². The normalized spacial score (nSPS) is 30.6. The molecule has 17 heavy (non-hydrogen) atoms. The molecule has 88 valence electrons. The molecule has 0 aromatic heterocycles. The highest BCUT2D eigenvalue weighted by Crippen LogP contribution is 2.39. The van der Waals surface area contributed by atoms with Gasteiger partial charge in [0.1, 0.15) is 0 Å². The predicted octanol–water partition coefficient (Wildman–Crippen LogP) is 1.16. The second-order valence-corrected chi connectivity index (χ2v) is 4.67. The molecule has 1 fully saturated rings. The third kappa shape index (κ3) is 1.52. The number of rotatable bonds is 1. The Morgan fingerprint density at radius 1 is 1.41 bits per heavy atom. The van der Waals surface area contributed by atoms with Gasteiger partial charge in [0, 0.05) is 0 Å². The van der Waals surface area contributed by atoms with Crippen LogP contribution in [0.5, 0.6) is 0 Å². The van der Waals surface area contributed by atoms with Gasteiger partial charge in [-0.2, -0.15) is 0 Å². The molecule has 2 atom stereocenters. The van der Waals surface area contributed by atoms with E-state index in [0.29, 0.717) is 0 Å². The zero-order valence-electron chi connectivity index (χ0n) is 9.27. The molecule has 3 aliphatic rings. The number of carboxylic acid groups (broad SMARTS) is 1. The molecule has 0 aromatic carbocycles. The van der Waals surface area contributed by atoms with Crippen molar-refractivity contribution in [2.24, 2.45) is 5.92 Å². The van der Waals surface area contributed by atoms with E-state index in [1.54, 1.807) is 12.2 Å². The number of hydrogen-bond acceptors (Lipinski definition) is 2. The lowest BCUT2D eigenvalue weighted by Gasteiger charge is -2.30. The molecule has 4 nitrogen and oxygen atoms in total. The zero-order chi connectivity index (χ0) is 12.0. The Labute approximate surface area is 98.7 Å². The molecular formula is C13H13NO3. The van der Waals surface area contributed by atoms with E-state index in [4.69, 9.17) is 5.11 Å². The van der Waals surface area contributed by atoms with Gasteiger partial charge in [0.15, 0.2) is 0 Å². The van der Waals surface area contributed by atoms with Crippen molar-refractivity contribution in [1.82, 2.24) is 5.32 Å². The summed E-state index contributed by atoms with van der Waals surface area (Å²) in [5.74, 6) is -0.888. The Morgan fingerprint density at radius 3 is 3.00 bits per heavy atom. The smallest absolute Gasteiger partial charge is 0.335 e. The van der Waals surface area contributed by atoms with Crippen LogP contribution in [0, 0.1) is 5.92 Å². The second-order valence-electron chi connectivity index (χ2n) is 4.67. The van der Waals surface area contributed by atoms with E-state index in [2.05, 4.69) is 5.32 Å². The van der Waals surface area contributed by atoms with Gasteiger partial charge in [-0.25, -0.2) is 4.79 Å². The minimum Gasteiger partial charge on any atom is -0.478 e. The standard InChI is InChI=1S/C13H13NO3/c15-12-10-3-1-2-8(10)9-5-4-7(13(16)17)6-11(9)14-12/h4-6,10-11H,1-3H2,(H,14,15)(H,16,17). The van der Waals surface area contributed by atoms with Gasteiger partial charge in [0.05, 0.1) is 17.5 Å². The molecule has 0 aromatic rings. The highest BCUT2D eigenvalue weighted by molar-refractivity contribution is 5.92. The van der Waals surface area contributed by atoms with Crippen molar-refractivity contribution in [3.05, 3.63) is 34.9 Å². The molecule has 0 spiro atoms. The summed E-state index contributed by atoms with van der Waals surface area (Å²) in [7, 11) is 0. The predicted molar refractivity (Wildman–Crippen MR) is 61.2 cm³/mol. The molecule has 3 rings (SSSR count). The Bertz CT molecular complexity index is 499. The van der Waals surface area contributed by atoms with Crippen molar-refractivity contribution in [3.63, 3.8) is 0 Å². The topological polar surface area (TPSA) is 66.4 Å². The first kappa shape index (κ1) is 10.3. The number of fused-ring (bicyclic) bond motifs is 2. The molecular weight excluding hydrogens is 218 g/mol. The molecule has 0 saturated heterocycles. The summed E-state index contributed by atoms with van der Waals surface area (Å²) in [5.41, 5.74) is 2.55. The van der Waals surface area contributed by atoms with Gasteiger partial charge < -0.3 is 10.4 Å². The number of carbonyl (C=O) groups is 2. The number of carboxylic acids is 1. The van der Waals surface area contributed by atoms with Crippen molar-refractivity contribution in [2.75, 3.05) is 0 Å². The Morgan fingerprint density at radius 2 is 2.24 bits per heavy atom. The minimum atomic E-state index is -0.951. The number of hydrogen-bond donors (Lipinski definition) is 2. The summed E-state index contributed by atoms with van der Waals surface area (Å²) >= 11 is 0. The van der Waals surface area contributed by atoms with Crippen LogP contribution in [0.1, 0.15) is 19.3 Å². The lowest BCUT2D eigenvalue weighted by atomic mass is 9.84. The van der Waals surface area contributed by atoms with E-state index in [9.17, 15) is 9.59 Å². The van der Waals surface area contributed by atoms with Gasteiger partial charge in [-0.3, -0.25) is 4.79 Å². The maximum absolute atomic E-state index is 11.9. The number of nitrogens with one attached hydrogen (secondary N) is 1. The van der Waals surface area contributed by atoms with E-state index in [1.807, 2.05) is 6.08 Å². The van der Waals surface area contributed by atoms with E-state index >= 15 is 0 Å². The molecule has 1 saturated carbocycles. The Hall–Kier alpha value is -1.84. The third-order valence-corrected chi connectivity index (χ3v) is 3.72. The van der Waals surface area contributed by atoms with Crippen LogP contribution in [0.4, 0.5) is 0 Å². The van der Waals surface area contributed by atoms with Gasteiger partial charge in [-0.15, -0.1) is 0 Å². The summed E-state index contributed by atoms with van der Waals surface area (Å²) in [6.07, 6.45) is 8.02. The first-order valence-electron chi connectivity index (χ1n) is 5.83. The first-order chi connectivity index (χ1) is 8.16. The lowest BCUT2D eigenvalue weighted by Crippen LogP contribution is -2.44. The van der Waals surface area contributed by atoms with Crippen molar-refractivity contribution in [2.45, 2.75) is 25.3 Å². The van der Waals surface area contributed by atoms with Crippen LogP contribution in [0.25, 0.3) is 0 Å². The van der Waals surface area contributed by atoms with Crippen LogP contribution in [-0.2, 0) is 9.59 Å². The summed E-state index contributed by atoms with van der Waals surface area (Å²) < 4.78 is 0. The van der Waals surface area contributed by atoms with Gasteiger partial charge in [0.25, 0.3) is 0 Å². The van der Waals surface area contributed by atoms with Crippen molar-refractivity contribution in [1.29, 1.82) is 0 Å². The quantitative estimate of drug-likeness (QED) is 0.711. The van der Waals surface area contributed by atoms with E-state index < -0.39 is 5.97 Å². The Balaban J connectivity index is 2.04. The first-order valence-corrected chi connectivity index (χ1v) is 5.83. The fourth-order valence-electron chi connectivity index (χ4n) is 2.91. The van der Waals surface area contributed by atoms with Crippen LogP contribution in [-0.4, -0.2) is 23.0 Å². The monoisotopic (exact) mass is 231 g/mol. The van der Waals surface area contributed by atoms with Crippen LogP contribution < -0.4 is 5.32 Å². The molecule has 2 aliphatic carbocycles. The molecule has 1 aliphatic heterocycles. The van der Waals surface area contributed by atoms with E-state index in [-0.39, 0.29) is 23.4 Å². The molecule has 1 heterocycles. The summed E-state index contributed by atoms with van der Waals surface area (Å²) in [4.78, 5) is 22.8. The third-order valence-electron chi connectivity index (χ3n) is 3.72. The molecule has 0 radical (unpaired) electrons. The largest absolute Gasteiger partial charge is 0.478 e. The van der Waals surface area contributed by atoms with Crippen LogP contribution in [0.2, 0.25) is 0 Å². The highest BCUT2D eigenvalue weighted by Gasteiger charge is 2.37. The van der Waals surface area contributed by atoms with Gasteiger partial charge in [-0.05, 0) is 37.0 Å². The Kier molecular flexibility index (Phi) is 2.18. The van der Waals surface area contributed by atoms with Crippen LogP contribution in [0.3, 0.4) is 0 Å². The van der Waals surface area contributed by atoms with Crippen molar-refractivity contribution >= 4 is 11.9 Å². The average molecular weight is 231 g/mol. The molecule has 2 N–H and O–H groups in total. The minimum absolute atomic E-state index is 0.0191. The molecule has 2 unspecified atom stereocenters. The maximum Gasteiger partial charge on any atom is 0.335 e. The summed E-state index contributed by atoms with van der Waals surface area (Å²) in [5, 5.41) is 11.8. The van der Waals surface area contributed by atoms with E-state index in [1.165, 1.54) is 5.57 Å². The summed E-state index contributed by atoms with van der Waals surface area (Å²) in [6.45, 7) is 0. The molecule has 4 heteroatoms. The highest BCUT2D eigenvalue weighted by atomic mass is 16.4. The molecule has 1 amide bonds. The number of amides is 1. The SMILES string of the molecule is O=C(O)C1=CC2NC(=O)C3CCCC3=C2C=C1. The maximum atomic E-state index is 11.9. The number of aliphatic carboxylic acids is 1. The lowest BCUT2D eigenvalue weighted by molar-refractivity contribution is -0.132. The molecule has 0 bridgehead atoms. The van der Waals surface area contributed by atoms with Gasteiger partial charge in [0.2, 0.25) is 5.91 Å². The average Bonchev–Trinajstić information content (AvgIpc) is 2.78. The van der Waals surface area contributed by atoms with Gasteiger partial charge in [-0.1, -0.05) is 11.6 Å². The van der Waals surface area contributed by atoms with Crippen molar-refractivity contribution < 1.29 is 14.7 Å².